The minimum atomic E-state index is -0.677. The van der Waals surface area contributed by atoms with Gasteiger partial charge in [-0.1, -0.05) is 25.6 Å². The summed E-state index contributed by atoms with van der Waals surface area (Å²) in [6.07, 6.45) is 9.34. The van der Waals surface area contributed by atoms with Gasteiger partial charge in [0.05, 0.1) is 17.9 Å². The number of aliphatic hydroxyl groups is 2. The zero-order valence-corrected chi connectivity index (χ0v) is 17.5. The van der Waals surface area contributed by atoms with E-state index in [1.807, 2.05) is 11.8 Å². The second-order valence-electron chi connectivity index (χ2n) is 10.9. The maximum atomic E-state index is 12.1. The van der Waals surface area contributed by atoms with Crippen molar-refractivity contribution in [3.8, 4) is 0 Å². The van der Waals surface area contributed by atoms with Gasteiger partial charge in [0.25, 0.3) is 0 Å². The summed E-state index contributed by atoms with van der Waals surface area (Å²) < 4.78 is 0. The summed E-state index contributed by atoms with van der Waals surface area (Å²) in [7, 11) is 0. The van der Waals surface area contributed by atoms with Crippen LogP contribution in [0.2, 0.25) is 0 Å². The maximum Gasteiger partial charge on any atom is 0.162 e. The molecule has 150 valence electrons. The Morgan fingerprint density at radius 1 is 1.07 bits per heavy atom. The minimum Gasteiger partial charge on any atom is -0.393 e. The molecule has 27 heavy (non-hydrogen) atoms. The summed E-state index contributed by atoms with van der Waals surface area (Å²) in [6.45, 7) is 6.72. The highest BCUT2D eigenvalue weighted by molar-refractivity contribution is 8.14. The van der Waals surface area contributed by atoms with Crippen molar-refractivity contribution < 1.29 is 10.2 Å². The monoisotopic (exact) mass is 390 g/mol. The number of hydrogen-bond donors (Lipinski definition) is 2. The van der Waals surface area contributed by atoms with Crippen LogP contribution >= 0.6 is 11.8 Å². The Balaban J connectivity index is 1.35. The topological polar surface area (TPSA) is 56.1 Å². The third-order valence-corrected chi connectivity index (χ3v) is 11.6. The van der Waals surface area contributed by atoms with Crippen LogP contribution in [0.1, 0.15) is 65.2 Å². The second kappa shape index (κ2) is 5.46. The molecular formula is C22H34N2O2S. The van der Waals surface area contributed by atoms with Crippen LogP contribution in [0.5, 0.6) is 0 Å². The first-order valence-electron chi connectivity index (χ1n) is 11.3. The number of nitrogens with zero attached hydrogens (tertiary/aromatic N) is 2. The first-order chi connectivity index (χ1) is 12.9. The third-order valence-electron chi connectivity index (χ3n) is 10.2. The number of amidine groups is 1. The van der Waals surface area contributed by atoms with E-state index in [4.69, 9.17) is 0 Å². The second-order valence-corrected chi connectivity index (χ2v) is 12.1. The van der Waals surface area contributed by atoms with E-state index in [1.54, 1.807) is 0 Å². The van der Waals surface area contributed by atoms with Crippen LogP contribution in [0.3, 0.4) is 0 Å². The highest BCUT2D eigenvalue weighted by Crippen LogP contribution is 2.71. The number of aliphatic imine (C=N–C) groups is 1. The Labute approximate surface area is 167 Å². The number of hydrogen-bond acceptors (Lipinski definition) is 5. The first-order valence-corrected chi connectivity index (χ1v) is 12.1. The molecule has 0 bridgehead atoms. The molecule has 2 N–H and O–H groups in total. The molecule has 0 aromatic rings. The first kappa shape index (κ1) is 17.6. The van der Waals surface area contributed by atoms with Crippen molar-refractivity contribution in [2.24, 2.45) is 39.5 Å². The van der Waals surface area contributed by atoms with Crippen LogP contribution in [-0.4, -0.2) is 50.4 Å². The van der Waals surface area contributed by atoms with Gasteiger partial charge < -0.3 is 15.1 Å². The van der Waals surface area contributed by atoms with Crippen molar-refractivity contribution in [1.82, 2.24) is 4.90 Å². The zero-order chi connectivity index (χ0) is 18.6. The Bertz CT molecular complexity index is 700. The lowest BCUT2D eigenvalue weighted by Gasteiger charge is -2.62. The quantitative estimate of drug-likeness (QED) is 0.665. The molecule has 5 heteroatoms. The minimum absolute atomic E-state index is 0.00478. The lowest BCUT2D eigenvalue weighted by atomic mass is 9.44. The average Bonchev–Trinajstić information content (AvgIpc) is 3.26. The fourth-order valence-corrected chi connectivity index (χ4v) is 10.4. The largest absolute Gasteiger partial charge is 0.393 e. The van der Waals surface area contributed by atoms with E-state index < -0.39 is 5.72 Å². The SMILES string of the molecule is C[C@]12CC[C@@H](O)C[C@@H]1CC[C@@H]1[C@@H]2CC[C@@]2(C)[C@H]1C[C@H]1SC3=NCCN3[C@]12O. The van der Waals surface area contributed by atoms with Crippen LogP contribution in [0.25, 0.3) is 0 Å². The van der Waals surface area contributed by atoms with E-state index in [-0.39, 0.29) is 11.5 Å². The van der Waals surface area contributed by atoms with Crippen LogP contribution in [0.4, 0.5) is 0 Å². The average molecular weight is 391 g/mol. The maximum absolute atomic E-state index is 12.1. The Kier molecular flexibility index (Phi) is 3.55. The molecular weight excluding hydrogens is 356 g/mol. The summed E-state index contributed by atoms with van der Waals surface area (Å²) in [5, 5.41) is 23.7. The molecule has 5 fully saturated rings. The molecule has 2 aliphatic heterocycles. The van der Waals surface area contributed by atoms with Crippen LogP contribution < -0.4 is 0 Å². The molecule has 1 saturated heterocycles. The summed E-state index contributed by atoms with van der Waals surface area (Å²) in [5.41, 5.74) is -0.259. The molecule has 0 unspecified atom stereocenters. The van der Waals surface area contributed by atoms with Gasteiger partial charge in [0, 0.05) is 12.0 Å². The molecule has 2 heterocycles. The molecule has 4 aliphatic carbocycles. The van der Waals surface area contributed by atoms with Crippen molar-refractivity contribution >= 4 is 16.9 Å². The zero-order valence-electron chi connectivity index (χ0n) is 16.7. The lowest BCUT2D eigenvalue weighted by Crippen LogP contribution is -2.62. The highest BCUT2D eigenvalue weighted by atomic mass is 32.2. The molecule has 6 rings (SSSR count). The Hall–Kier alpha value is -0.260. The molecule has 4 saturated carbocycles. The number of fused-ring (bicyclic) bond motifs is 9. The fourth-order valence-electron chi connectivity index (χ4n) is 8.79. The Morgan fingerprint density at radius 2 is 1.93 bits per heavy atom. The van der Waals surface area contributed by atoms with E-state index in [0.29, 0.717) is 22.5 Å². The molecule has 0 amide bonds. The molecule has 0 radical (unpaired) electrons. The van der Waals surface area contributed by atoms with E-state index in [1.165, 1.54) is 25.7 Å². The van der Waals surface area contributed by atoms with Gasteiger partial charge in [-0.15, -0.1) is 0 Å². The summed E-state index contributed by atoms with van der Waals surface area (Å²) >= 11 is 1.87. The van der Waals surface area contributed by atoms with E-state index in [0.717, 1.165) is 55.8 Å². The standard InChI is InChI=1S/C22H34N2O2S/c1-20-7-5-14(25)11-13(20)3-4-15-16(20)6-8-21(2)17(15)12-18-22(21,26)24-10-9-23-19(24)27-18/h13-18,25-26H,3-12H2,1-2H3/t13-,14+,15+,16-,17-,18+,20-,21-,22-/m0/s1. The van der Waals surface area contributed by atoms with Gasteiger partial charge in [0.15, 0.2) is 10.9 Å². The van der Waals surface area contributed by atoms with Crippen molar-refractivity contribution in [2.75, 3.05) is 13.1 Å². The number of thioether (sulfide) groups is 1. The predicted octanol–water partition coefficient (Wildman–Crippen LogP) is 3.48. The third kappa shape index (κ3) is 1.97. The molecule has 0 spiro atoms. The summed E-state index contributed by atoms with van der Waals surface area (Å²) in [6, 6.07) is 0. The van der Waals surface area contributed by atoms with Crippen molar-refractivity contribution in [2.45, 2.75) is 82.3 Å². The van der Waals surface area contributed by atoms with Gasteiger partial charge in [0.2, 0.25) is 0 Å². The van der Waals surface area contributed by atoms with E-state index in [9.17, 15) is 10.2 Å². The smallest absolute Gasteiger partial charge is 0.162 e. The van der Waals surface area contributed by atoms with Crippen LogP contribution in [0.15, 0.2) is 4.99 Å². The van der Waals surface area contributed by atoms with Crippen molar-refractivity contribution in [3.63, 3.8) is 0 Å². The van der Waals surface area contributed by atoms with Crippen molar-refractivity contribution in [3.05, 3.63) is 0 Å². The van der Waals surface area contributed by atoms with E-state index in [2.05, 4.69) is 23.7 Å². The highest BCUT2D eigenvalue weighted by Gasteiger charge is 2.73. The van der Waals surface area contributed by atoms with Gasteiger partial charge in [-0.3, -0.25) is 4.99 Å². The molecule has 6 aliphatic rings. The van der Waals surface area contributed by atoms with Crippen LogP contribution in [-0.2, 0) is 0 Å². The van der Waals surface area contributed by atoms with Crippen molar-refractivity contribution in [1.29, 1.82) is 0 Å². The molecule has 0 aromatic heterocycles. The molecule has 4 nitrogen and oxygen atoms in total. The molecule has 9 atom stereocenters. The lowest BCUT2D eigenvalue weighted by molar-refractivity contribution is -0.191. The van der Waals surface area contributed by atoms with Crippen LogP contribution in [0, 0.1) is 34.5 Å². The van der Waals surface area contributed by atoms with Gasteiger partial charge in [-0.25, -0.2) is 0 Å². The van der Waals surface area contributed by atoms with Gasteiger partial charge in [-0.2, -0.15) is 0 Å². The van der Waals surface area contributed by atoms with Gasteiger partial charge >= 0.3 is 0 Å². The Morgan fingerprint density at radius 3 is 2.78 bits per heavy atom. The summed E-state index contributed by atoms with van der Waals surface area (Å²) in [4.78, 5) is 6.95. The fraction of sp³-hybridized carbons (Fsp3) is 0.955. The van der Waals surface area contributed by atoms with Gasteiger partial charge in [-0.05, 0) is 80.5 Å². The molecule has 0 aromatic carbocycles. The summed E-state index contributed by atoms with van der Waals surface area (Å²) in [5.74, 6) is 2.91. The number of rotatable bonds is 0. The van der Waals surface area contributed by atoms with E-state index >= 15 is 0 Å². The number of aliphatic hydroxyl groups excluding tert-OH is 1. The normalized spacial score (nSPS) is 58.8. The van der Waals surface area contributed by atoms with Gasteiger partial charge in [0.1, 0.15) is 0 Å². The predicted molar refractivity (Wildman–Crippen MR) is 108 cm³/mol.